The lowest BCUT2D eigenvalue weighted by atomic mass is 10.1. The molecule has 1 aliphatic rings. The topological polar surface area (TPSA) is 51.0 Å². The van der Waals surface area contributed by atoms with Crippen LogP contribution in [0.25, 0.3) is 0 Å². The average Bonchev–Trinajstić information content (AvgIpc) is 3.06. The highest BCUT2D eigenvalue weighted by molar-refractivity contribution is 5.21. The smallest absolute Gasteiger partial charge is 0.240 e. The minimum Gasteiger partial charge on any atom is -0.338 e. The van der Waals surface area contributed by atoms with Crippen molar-refractivity contribution in [2.24, 2.45) is 0 Å². The Kier molecular flexibility index (Phi) is 4.24. The predicted octanol–water partition coefficient (Wildman–Crippen LogP) is 2.97. The first-order valence-corrected chi connectivity index (χ1v) is 7.19. The molecular formula is C15H17F2N3O. The second kappa shape index (κ2) is 6.30. The summed E-state index contributed by atoms with van der Waals surface area (Å²) in [5.41, 5.74) is 0.489. The molecule has 112 valence electrons. The van der Waals surface area contributed by atoms with Gasteiger partial charge >= 0.3 is 0 Å². The number of hydrogen-bond acceptors (Lipinski definition) is 4. The van der Waals surface area contributed by atoms with Gasteiger partial charge in [0.05, 0.1) is 6.54 Å². The monoisotopic (exact) mass is 293 g/mol. The van der Waals surface area contributed by atoms with E-state index in [1.807, 2.05) is 0 Å². The fourth-order valence-corrected chi connectivity index (χ4v) is 2.69. The molecule has 0 aliphatic heterocycles. The molecule has 0 saturated heterocycles. The predicted molar refractivity (Wildman–Crippen MR) is 72.6 cm³/mol. The second-order valence-corrected chi connectivity index (χ2v) is 5.42. The summed E-state index contributed by atoms with van der Waals surface area (Å²) in [4.78, 5) is 4.24. The van der Waals surface area contributed by atoms with Gasteiger partial charge in [-0.05, 0) is 30.5 Å². The third-order valence-electron chi connectivity index (χ3n) is 3.69. The molecule has 1 aliphatic carbocycles. The largest absolute Gasteiger partial charge is 0.338 e. The molecule has 0 amide bonds. The Morgan fingerprint density at radius 1 is 1.14 bits per heavy atom. The molecule has 6 heteroatoms. The molecule has 2 aromatic rings. The van der Waals surface area contributed by atoms with Crippen molar-refractivity contribution in [3.63, 3.8) is 0 Å². The molecule has 21 heavy (non-hydrogen) atoms. The van der Waals surface area contributed by atoms with E-state index in [2.05, 4.69) is 15.5 Å². The summed E-state index contributed by atoms with van der Waals surface area (Å²) in [6, 6.07) is 3.92. The average molecular weight is 293 g/mol. The molecule has 1 fully saturated rings. The summed E-state index contributed by atoms with van der Waals surface area (Å²) in [5, 5.41) is 7.22. The van der Waals surface area contributed by atoms with Gasteiger partial charge < -0.3 is 9.84 Å². The number of nitrogens with zero attached hydrogens (tertiary/aromatic N) is 2. The molecule has 1 aromatic carbocycles. The van der Waals surface area contributed by atoms with Gasteiger partial charge in [-0.15, -0.1) is 0 Å². The Bertz CT molecular complexity index is 588. The van der Waals surface area contributed by atoms with Crippen LogP contribution in [0.2, 0.25) is 0 Å². The first-order chi connectivity index (χ1) is 10.2. The minimum atomic E-state index is -0.600. The molecule has 0 unspecified atom stereocenters. The summed E-state index contributed by atoms with van der Waals surface area (Å²) >= 11 is 0. The third-order valence-corrected chi connectivity index (χ3v) is 3.69. The fourth-order valence-electron chi connectivity index (χ4n) is 2.69. The van der Waals surface area contributed by atoms with Crippen molar-refractivity contribution in [2.75, 3.05) is 0 Å². The van der Waals surface area contributed by atoms with E-state index < -0.39 is 11.6 Å². The van der Waals surface area contributed by atoms with Gasteiger partial charge in [-0.25, -0.2) is 8.78 Å². The van der Waals surface area contributed by atoms with Crippen LogP contribution in [0.4, 0.5) is 8.78 Å². The van der Waals surface area contributed by atoms with E-state index in [0.717, 1.165) is 6.07 Å². The van der Waals surface area contributed by atoms with Gasteiger partial charge in [-0.1, -0.05) is 18.0 Å². The molecule has 0 spiro atoms. The lowest BCUT2D eigenvalue weighted by Gasteiger charge is -2.08. The van der Waals surface area contributed by atoms with Gasteiger partial charge in [-0.2, -0.15) is 4.98 Å². The maximum atomic E-state index is 13.1. The summed E-state index contributed by atoms with van der Waals surface area (Å²) in [5.74, 6) is -0.259. The summed E-state index contributed by atoms with van der Waals surface area (Å²) in [6.45, 7) is 0.537. The molecule has 4 nitrogen and oxygen atoms in total. The Balaban J connectivity index is 1.59. The Morgan fingerprint density at radius 2 is 1.86 bits per heavy atom. The lowest BCUT2D eigenvalue weighted by molar-refractivity contribution is 0.353. The molecular weight excluding hydrogens is 276 g/mol. The quantitative estimate of drug-likeness (QED) is 0.921. The van der Waals surface area contributed by atoms with Gasteiger partial charge in [0.25, 0.3) is 0 Å². The molecule has 1 N–H and O–H groups in total. The van der Waals surface area contributed by atoms with E-state index in [1.54, 1.807) is 0 Å². The van der Waals surface area contributed by atoms with Crippen molar-refractivity contribution in [1.29, 1.82) is 0 Å². The van der Waals surface area contributed by atoms with E-state index in [0.29, 0.717) is 29.9 Å². The molecule has 1 aromatic heterocycles. The van der Waals surface area contributed by atoms with Gasteiger partial charge in [0.15, 0.2) is 5.82 Å². The molecule has 0 atom stereocenters. The fraction of sp³-hybridized carbons (Fsp3) is 0.467. The van der Waals surface area contributed by atoms with Crippen LogP contribution in [-0.4, -0.2) is 16.2 Å². The molecule has 1 heterocycles. The maximum absolute atomic E-state index is 13.1. The van der Waals surface area contributed by atoms with E-state index >= 15 is 0 Å². The van der Waals surface area contributed by atoms with Crippen LogP contribution >= 0.6 is 0 Å². The van der Waals surface area contributed by atoms with E-state index in [1.165, 1.54) is 37.8 Å². The van der Waals surface area contributed by atoms with Gasteiger partial charge in [0.1, 0.15) is 11.6 Å². The van der Waals surface area contributed by atoms with Gasteiger partial charge in [-0.3, -0.25) is 0 Å². The minimum absolute atomic E-state index is 0.252. The standard InChI is InChI=1S/C15H17F2N3O/c16-11-5-10(6-12(17)8-11)7-14-19-15(21-20-14)9-18-13-3-1-2-4-13/h5-6,8,13,18H,1-4,7,9H2. The van der Waals surface area contributed by atoms with Crippen LogP contribution in [0, 0.1) is 11.6 Å². The second-order valence-electron chi connectivity index (χ2n) is 5.42. The Hall–Kier alpha value is -1.82. The summed E-state index contributed by atoms with van der Waals surface area (Å²) in [7, 11) is 0. The highest BCUT2D eigenvalue weighted by atomic mass is 19.1. The van der Waals surface area contributed by atoms with Crippen molar-refractivity contribution < 1.29 is 13.3 Å². The van der Waals surface area contributed by atoms with Crippen molar-refractivity contribution in [3.05, 3.63) is 47.1 Å². The highest BCUT2D eigenvalue weighted by Gasteiger charge is 2.15. The van der Waals surface area contributed by atoms with Gasteiger partial charge in [0, 0.05) is 18.5 Å². The first kappa shape index (κ1) is 14.1. The van der Waals surface area contributed by atoms with E-state index in [4.69, 9.17) is 4.52 Å². The summed E-state index contributed by atoms with van der Waals surface area (Å²) in [6.07, 6.45) is 5.14. The van der Waals surface area contributed by atoms with Crippen LogP contribution in [-0.2, 0) is 13.0 Å². The van der Waals surface area contributed by atoms with Crippen LogP contribution in [0.3, 0.4) is 0 Å². The van der Waals surface area contributed by atoms with E-state index in [-0.39, 0.29) is 6.42 Å². The number of aromatic nitrogens is 2. The van der Waals surface area contributed by atoms with Crippen LogP contribution in [0.15, 0.2) is 22.7 Å². The van der Waals surface area contributed by atoms with Crippen molar-refractivity contribution >= 4 is 0 Å². The summed E-state index contributed by atoms with van der Waals surface area (Å²) < 4.78 is 31.4. The molecule has 0 radical (unpaired) electrons. The zero-order valence-electron chi connectivity index (χ0n) is 11.6. The number of nitrogens with one attached hydrogen (secondary N) is 1. The van der Waals surface area contributed by atoms with Gasteiger partial charge in [0.2, 0.25) is 5.89 Å². The lowest BCUT2D eigenvalue weighted by Crippen LogP contribution is -2.25. The molecule has 1 saturated carbocycles. The number of hydrogen-bond donors (Lipinski definition) is 1. The maximum Gasteiger partial charge on any atom is 0.240 e. The molecule has 0 bridgehead atoms. The van der Waals surface area contributed by atoms with E-state index in [9.17, 15) is 8.78 Å². The Morgan fingerprint density at radius 3 is 2.57 bits per heavy atom. The zero-order valence-corrected chi connectivity index (χ0v) is 11.6. The van der Waals surface area contributed by atoms with Crippen LogP contribution in [0.5, 0.6) is 0 Å². The molecule has 3 rings (SSSR count). The third kappa shape index (κ3) is 3.85. The number of rotatable bonds is 5. The van der Waals surface area contributed by atoms with Crippen LogP contribution in [0.1, 0.15) is 43.0 Å². The number of halogens is 2. The normalized spacial score (nSPS) is 15.7. The van der Waals surface area contributed by atoms with Crippen molar-refractivity contribution in [2.45, 2.75) is 44.7 Å². The Labute approximate surface area is 121 Å². The number of benzene rings is 1. The zero-order chi connectivity index (χ0) is 14.7. The van der Waals surface area contributed by atoms with Crippen LogP contribution < -0.4 is 5.32 Å². The first-order valence-electron chi connectivity index (χ1n) is 7.19. The highest BCUT2D eigenvalue weighted by Crippen LogP contribution is 2.18. The van der Waals surface area contributed by atoms with Crippen molar-refractivity contribution in [1.82, 2.24) is 15.5 Å². The van der Waals surface area contributed by atoms with Crippen molar-refractivity contribution in [3.8, 4) is 0 Å². The SMILES string of the molecule is Fc1cc(F)cc(Cc2noc(CNC3CCCC3)n2)c1.